The number of thiophene rings is 1. The zero-order valence-electron chi connectivity index (χ0n) is 16.8. The number of fused-ring (bicyclic) bond motifs is 1. The Balaban J connectivity index is 1.78. The van der Waals surface area contributed by atoms with E-state index in [1.54, 1.807) is 0 Å². The van der Waals surface area contributed by atoms with Crippen LogP contribution in [0.4, 0.5) is 5.69 Å². The van der Waals surface area contributed by atoms with Crippen molar-refractivity contribution >= 4 is 39.0 Å². The van der Waals surface area contributed by atoms with Crippen molar-refractivity contribution in [1.29, 1.82) is 0 Å². The van der Waals surface area contributed by atoms with Gasteiger partial charge >= 0.3 is 5.97 Å². The van der Waals surface area contributed by atoms with Crippen LogP contribution in [0.3, 0.4) is 0 Å². The van der Waals surface area contributed by atoms with Crippen molar-refractivity contribution in [3.8, 4) is 0 Å². The van der Waals surface area contributed by atoms with Gasteiger partial charge in [0.15, 0.2) is 0 Å². The molecule has 2 saturated carbocycles. The first-order valence-electron chi connectivity index (χ1n) is 10.7. The maximum atomic E-state index is 13.8. The lowest BCUT2D eigenvalue weighted by Gasteiger charge is -2.39. The van der Waals surface area contributed by atoms with Gasteiger partial charge < -0.3 is 15.1 Å². The van der Waals surface area contributed by atoms with Crippen LogP contribution >= 0.6 is 11.3 Å². The maximum Gasteiger partial charge on any atom is 0.348 e. The van der Waals surface area contributed by atoms with Gasteiger partial charge in [0.1, 0.15) is 4.88 Å². The van der Waals surface area contributed by atoms with E-state index >= 15 is 0 Å². The number of hydrogen-bond donors (Lipinski definition) is 2. The van der Waals surface area contributed by atoms with E-state index in [9.17, 15) is 19.8 Å². The largest absolute Gasteiger partial charge is 0.477 e. The van der Waals surface area contributed by atoms with Crippen LogP contribution in [-0.4, -0.2) is 34.2 Å². The van der Waals surface area contributed by atoms with Crippen molar-refractivity contribution in [3.05, 3.63) is 29.1 Å². The number of nitrogens with zero attached hydrogens (tertiary/aromatic N) is 1. The number of rotatable bonds is 4. The van der Waals surface area contributed by atoms with Crippen LogP contribution in [-0.2, 0) is 4.79 Å². The second kappa shape index (κ2) is 8.44. The molecule has 1 aromatic carbocycles. The number of carboxylic acids is 1. The van der Waals surface area contributed by atoms with Gasteiger partial charge in [0, 0.05) is 22.0 Å². The summed E-state index contributed by atoms with van der Waals surface area (Å²) < 4.78 is 0.894. The van der Waals surface area contributed by atoms with Gasteiger partial charge in [-0.15, -0.1) is 11.3 Å². The average Bonchev–Trinajstić information content (AvgIpc) is 3.10. The highest BCUT2D eigenvalue weighted by Gasteiger charge is 2.38. The van der Waals surface area contributed by atoms with Gasteiger partial charge in [0.05, 0.1) is 11.8 Å². The predicted octanol–water partition coefficient (Wildman–Crippen LogP) is 5.06. The van der Waals surface area contributed by atoms with Gasteiger partial charge in [-0.2, -0.15) is 0 Å². The third-order valence-corrected chi connectivity index (χ3v) is 7.79. The van der Waals surface area contributed by atoms with E-state index in [2.05, 4.69) is 6.92 Å². The fourth-order valence-corrected chi connectivity index (χ4v) is 5.94. The molecule has 0 aliphatic heterocycles. The Kier molecular flexibility index (Phi) is 5.93. The molecule has 0 bridgehead atoms. The summed E-state index contributed by atoms with van der Waals surface area (Å²) in [6.07, 6.45) is 6.23. The van der Waals surface area contributed by atoms with E-state index in [1.807, 2.05) is 29.2 Å². The molecular formula is C23H29NO4S. The fourth-order valence-electron chi connectivity index (χ4n) is 4.91. The Bertz CT molecular complexity index is 891. The molecule has 1 heterocycles. The summed E-state index contributed by atoms with van der Waals surface area (Å²) in [4.78, 5) is 28.0. The molecule has 1 aromatic heterocycles. The molecule has 0 atom stereocenters. The lowest BCUT2D eigenvalue weighted by molar-refractivity contribution is -0.124. The highest BCUT2D eigenvalue weighted by Crippen LogP contribution is 2.43. The number of benzene rings is 1. The Morgan fingerprint density at radius 1 is 1.00 bits per heavy atom. The molecule has 2 aliphatic rings. The lowest BCUT2D eigenvalue weighted by Crippen LogP contribution is -2.47. The second-order valence-corrected chi connectivity index (χ2v) is 9.76. The van der Waals surface area contributed by atoms with Gasteiger partial charge in [-0.05, 0) is 63.4 Å². The van der Waals surface area contributed by atoms with E-state index in [4.69, 9.17) is 0 Å². The Hall–Kier alpha value is -1.92. The van der Waals surface area contributed by atoms with Crippen molar-refractivity contribution in [2.24, 2.45) is 11.8 Å². The van der Waals surface area contributed by atoms with Crippen molar-refractivity contribution < 1.29 is 19.8 Å². The van der Waals surface area contributed by atoms with Crippen molar-refractivity contribution in [1.82, 2.24) is 0 Å². The molecule has 2 aliphatic carbocycles. The molecule has 2 aromatic rings. The summed E-state index contributed by atoms with van der Waals surface area (Å²) in [6, 6.07) is 7.60. The topological polar surface area (TPSA) is 77.8 Å². The van der Waals surface area contributed by atoms with Gasteiger partial charge in [-0.25, -0.2) is 4.79 Å². The van der Waals surface area contributed by atoms with Gasteiger partial charge in [-0.3, -0.25) is 4.79 Å². The molecule has 0 unspecified atom stereocenters. The molecule has 156 valence electrons. The van der Waals surface area contributed by atoms with E-state index in [-0.39, 0.29) is 28.8 Å². The number of carbonyl (C=O) groups is 2. The highest BCUT2D eigenvalue weighted by atomic mass is 32.1. The molecule has 4 rings (SSSR count). The molecule has 0 spiro atoms. The van der Waals surface area contributed by atoms with Crippen molar-refractivity contribution in [2.75, 3.05) is 4.90 Å². The van der Waals surface area contributed by atoms with Crippen LogP contribution in [0.25, 0.3) is 10.1 Å². The fraction of sp³-hybridized carbons (Fsp3) is 0.565. The number of hydrogen-bond acceptors (Lipinski definition) is 4. The Morgan fingerprint density at radius 3 is 2.31 bits per heavy atom. The van der Waals surface area contributed by atoms with Crippen LogP contribution in [0.5, 0.6) is 0 Å². The Labute approximate surface area is 175 Å². The first-order chi connectivity index (χ1) is 14.0. The summed E-state index contributed by atoms with van der Waals surface area (Å²) in [5.74, 6) is -0.302. The molecular weight excluding hydrogens is 386 g/mol. The number of aromatic carboxylic acids is 1. The minimum absolute atomic E-state index is 0.0432. The van der Waals surface area contributed by atoms with Gasteiger partial charge in [0.2, 0.25) is 5.91 Å². The molecule has 5 nitrogen and oxygen atoms in total. The van der Waals surface area contributed by atoms with Crippen LogP contribution in [0.2, 0.25) is 0 Å². The third kappa shape index (κ3) is 4.05. The smallest absolute Gasteiger partial charge is 0.348 e. The molecule has 1 amide bonds. The Morgan fingerprint density at radius 2 is 1.66 bits per heavy atom. The minimum atomic E-state index is -0.980. The number of aliphatic hydroxyl groups excluding tert-OH is 1. The van der Waals surface area contributed by atoms with E-state index < -0.39 is 5.97 Å². The van der Waals surface area contributed by atoms with Gasteiger partial charge in [0.25, 0.3) is 0 Å². The molecule has 2 fully saturated rings. The average molecular weight is 416 g/mol. The lowest BCUT2D eigenvalue weighted by atomic mass is 9.81. The number of amides is 1. The van der Waals surface area contributed by atoms with E-state index in [0.29, 0.717) is 37.3 Å². The van der Waals surface area contributed by atoms with Crippen LogP contribution in [0, 0.1) is 11.8 Å². The monoisotopic (exact) mass is 415 g/mol. The first kappa shape index (κ1) is 20.4. The number of anilines is 1. The summed E-state index contributed by atoms with van der Waals surface area (Å²) in [7, 11) is 0. The third-order valence-electron chi connectivity index (χ3n) is 6.64. The standard InChI is InChI=1S/C23H29NO4S/c1-14-6-8-15(9-7-14)22(26)24(16-10-12-17(25)13-11-16)20-18-4-2-3-5-19(18)29-21(20)23(27)28/h2-5,14-17,25H,6-13H2,1H3,(H,27,28)/t14-,15-,16-,17+. The number of aliphatic hydroxyl groups is 1. The van der Waals surface area contributed by atoms with Crippen molar-refractivity contribution in [3.63, 3.8) is 0 Å². The second-order valence-electron chi connectivity index (χ2n) is 8.71. The SMILES string of the molecule is C[C@H]1CC[C@H](C(=O)N(c2c(C(=O)O)sc3ccccc23)[C@H]2CC[C@@H](O)CC2)CC1. The summed E-state index contributed by atoms with van der Waals surface area (Å²) in [5, 5.41) is 20.7. The predicted molar refractivity (Wildman–Crippen MR) is 116 cm³/mol. The maximum absolute atomic E-state index is 13.8. The van der Waals surface area contributed by atoms with Gasteiger partial charge in [-0.1, -0.05) is 25.1 Å². The van der Waals surface area contributed by atoms with Crippen LogP contribution < -0.4 is 4.90 Å². The summed E-state index contributed by atoms with van der Waals surface area (Å²) >= 11 is 1.25. The molecule has 0 radical (unpaired) electrons. The molecule has 2 N–H and O–H groups in total. The first-order valence-corrected chi connectivity index (χ1v) is 11.5. The quantitative estimate of drug-likeness (QED) is 0.731. The zero-order chi connectivity index (χ0) is 20.5. The zero-order valence-corrected chi connectivity index (χ0v) is 17.7. The summed E-state index contributed by atoms with van der Waals surface area (Å²) in [6.45, 7) is 2.23. The van der Waals surface area contributed by atoms with E-state index in [1.165, 1.54) is 11.3 Å². The van der Waals surface area contributed by atoms with Crippen molar-refractivity contribution in [2.45, 2.75) is 70.4 Å². The molecule has 6 heteroatoms. The molecule has 0 saturated heterocycles. The summed E-state index contributed by atoms with van der Waals surface area (Å²) in [5.41, 5.74) is 0.572. The number of carboxylic acid groups (broad SMARTS) is 1. The minimum Gasteiger partial charge on any atom is -0.477 e. The van der Waals surface area contributed by atoms with Crippen LogP contribution in [0.15, 0.2) is 24.3 Å². The normalized spacial score (nSPS) is 27.7. The van der Waals surface area contributed by atoms with E-state index in [0.717, 1.165) is 35.8 Å². The highest BCUT2D eigenvalue weighted by molar-refractivity contribution is 7.21. The molecule has 29 heavy (non-hydrogen) atoms. The number of carbonyl (C=O) groups excluding carboxylic acids is 1. The van der Waals surface area contributed by atoms with Crippen LogP contribution in [0.1, 0.15) is 68.0 Å².